The molecule has 0 radical (unpaired) electrons. The smallest absolute Gasteiger partial charge is 0.310 e. The molecule has 1 aliphatic heterocycles. The number of hydrogen-bond donors (Lipinski definition) is 1. The zero-order valence-corrected chi connectivity index (χ0v) is 6.22. The fourth-order valence-electron chi connectivity index (χ4n) is 1.12. The molecule has 1 atom stereocenters. The Morgan fingerprint density at radius 2 is 2.60 bits per heavy atom. The van der Waals surface area contributed by atoms with Crippen molar-refractivity contribution in [3.8, 4) is 0 Å². The fourth-order valence-corrected chi connectivity index (χ4v) is 1.12. The van der Waals surface area contributed by atoms with Gasteiger partial charge in [0.1, 0.15) is 0 Å². The third kappa shape index (κ3) is 1.70. The summed E-state index contributed by atoms with van der Waals surface area (Å²) in [7, 11) is 0. The molecule has 0 bridgehead atoms. The average molecular weight is 143 g/mol. The summed E-state index contributed by atoms with van der Waals surface area (Å²) in [5.74, 6) is 0.0625. The summed E-state index contributed by atoms with van der Waals surface area (Å²) < 4.78 is 4.85. The highest BCUT2D eigenvalue weighted by atomic mass is 16.5. The van der Waals surface area contributed by atoms with Crippen molar-refractivity contribution in [2.75, 3.05) is 19.7 Å². The summed E-state index contributed by atoms with van der Waals surface area (Å²) in [5, 5.41) is 3.11. The van der Waals surface area contributed by atoms with E-state index in [2.05, 4.69) is 5.32 Å². The van der Waals surface area contributed by atoms with Crippen molar-refractivity contribution < 1.29 is 9.53 Å². The van der Waals surface area contributed by atoms with Crippen LogP contribution in [0.3, 0.4) is 0 Å². The topological polar surface area (TPSA) is 38.3 Å². The maximum atomic E-state index is 11.0. The maximum Gasteiger partial charge on any atom is 0.310 e. The highest BCUT2D eigenvalue weighted by Crippen LogP contribution is 2.08. The molecule has 1 fully saturated rings. The van der Waals surface area contributed by atoms with Crippen LogP contribution in [0, 0.1) is 5.92 Å². The molecule has 0 saturated carbocycles. The second kappa shape index (κ2) is 3.56. The Balaban J connectivity index is 2.25. The number of carbonyl (C=O) groups excluding carboxylic acids is 1. The number of carbonyl (C=O) groups is 1. The number of nitrogens with one attached hydrogen (secondary N) is 1. The van der Waals surface area contributed by atoms with Gasteiger partial charge in [0.15, 0.2) is 0 Å². The van der Waals surface area contributed by atoms with Crippen LogP contribution in [0.25, 0.3) is 0 Å². The molecule has 1 aliphatic rings. The second-order valence-corrected chi connectivity index (χ2v) is 2.44. The molecule has 1 rings (SSSR count). The van der Waals surface area contributed by atoms with Gasteiger partial charge in [0.25, 0.3) is 0 Å². The molecule has 0 aromatic carbocycles. The molecule has 1 heterocycles. The van der Waals surface area contributed by atoms with Gasteiger partial charge < -0.3 is 10.1 Å². The van der Waals surface area contributed by atoms with E-state index in [0.717, 1.165) is 19.5 Å². The van der Waals surface area contributed by atoms with Crippen molar-refractivity contribution in [2.45, 2.75) is 13.3 Å². The third-order valence-electron chi connectivity index (χ3n) is 1.68. The minimum atomic E-state index is -0.0486. The molecule has 10 heavy (non-hydrogen) atoms. The third-order valence-corrected chi connectivity index (χ3v) is 1.68. The van der Waals surface area contributed by atoms with Gasteiger partial charge in [-0.1, -0.05) is 0 Å². The quantitative estimate of drug-likeness (QED) is 0.559. The standard InChI is InChI=1S/C7H13NO2/c1-2-10-7(9)6-3-4-8-5-6/h6,8H,2-5H2,1H3/t6-/m1/s1. The Kier molecular flexibility index (Phi) is 2.68. The number of hydrogen-bond acceptors (Lipinski definition) is 3. The summed E-state index contributed by atoms with van der Waals surface area (Å²) in [4.78, 5) is 11.0. The van der Waals surface area contributed by atoms with Crippen LogP contribution in [0.4, 0.5) is 0 Å². The summed E-state index contributed by atoms with van der Waals surface area (Å²) in [5.41, 5.74) is 0. The number of ether oxygens (including phenoxy) is 1. The van der Waals surface area contributed by atoms with Gasteiger partial charge in [-0.05, 0) is 19.9 Å². The Bertz CT molecular complexity index is 119. The van der Waals surface area contributed by atoms with Gasteiger partial charge in [-0.25, -0.2) is 0 Å². The van der Waals surface area contributed by atoms with E-state index in [0.29, 0.717) is 6.61 Å². The SMILES string of the molecule is CCOC(=O)[C@@H]1CCNC1. The van der Waals surface area contributed by atoms with E-state index in [9.17, 15) is 4.79 Å². The lowest BCUT2D eigenvalue weighted by Crippen LogP contribution is -2.19. The minimum Gasteiger partial charge on any atom is -0.466 e. The van der Waals surface area contributed by atoms with Gasteiger partial charge in [0, 0.05) is 6.54 Å². The van der Waals surface area contributed by atoms with Crippen molar-refractivity contribution >= 4 is 5.97 Å². The first-order valence-corrected chi connectivity index (χ1v) is 3.72. The first-order chi connectivity index (χ1) is 4.84. The molecule has 1 N–H and O–H groups in total. The van der Waals surface area contributed by atoms with E-state index < -0.39 is 0 Å². The molecule has 3 nitrogen and oxygen atoms in total. The van der Waals surface area contributed by atoms with Gasteiger partial charge in [0.2, 0.25) is 0 Å². The van der Waals surface area contributed by atoms with Crippen LogP contribution in [-0.4, -0.2) is 25.7 Å². The van der Waals surface area contributed by atoms with Gasteiger partial charge in [-0.15, -0.1) is 0 Å². The lowest BCUT2D eigenvalue weighted by molar-refractivity contribution is -0.147. The van der Waals surface area contributed by atoms with Crippen LogP contribution in [0.2, 0.25) is 0 Å². The van der Waals surface area contributed by atoms with Gasteiger partial charge in [0.05, 0.1) is 12.5 Å². The van der Waals surface area contributed by atoms with Crippen LogP contribution in [0.5, 0.6) is 0 Å². The highest BCUT2D eigenvalue weighted by molar-refractivity contribution is 5.73. The first-order valence-electron chi connectivity index (χ1n) is 3.72. The maximum absolute atomic E-state index is 11.0. The molecular formula is C7H13NO2. The van der Waals surface area contributed by atoms with Gasteiger partial charge in [-0.2, -0.15) is 0 Å². The van der Waals surface area contributed by atoms with Crippen molar-refractivity contribution in [3.63, 3.8) is 0 Å². The molecule has 3 heteroatoms. The summed E-state index contributed by atoms with van der Waals surface area (Å²) >= 11 is 0. The van der Waals surface area contributed by atoms with E-state index in [1.54, 1.807) is 0 Å². The van der Waals surface area contributed by atoms with E-state index in [1.165, 1.54) is 0 Å². The molecule has 0 amide bonds. The van der Waals surface area contributed by atoms with Gasteiger partial charge in [-0.3, -0.25) is 4.79 Å². The summed E-state index contributed by atoms with van der Waals surface area (Å²) in [6, 6.07) is 0. The van der Waals surface area contributed by atoms with Gasteiger partial charge >= 0.3 is 5.97 Å². The van der Waals surface area contributed by atoms with Crippen molar-refractivity contribution in [2.24, 2.45) is 5.92 Å². The van der Waals surface area contributed by atoms with Crippen LogP contribution < -0.4 is 5.32 Å². The zero-order valence-electron chi connectivity index (χ0n) is 6.22. The Labute approximate surface area is 60.7 Å². The van der Waals surface area contributed by atoms with Crippen LogP contribution in [0.1, 0.15) is 13.3 Å². The van der Waals surface area contributed by atoms with E-state index in [4.69, 9.17) is 4.74 Å². The normalized spacial score (nSPS) is 24.7. The minimum absolute atomic E-state index is 0.0486. The lowest BCUT2D eigenvalue weighted by Gasteiger charge is -2.05. The fraction of sp³-hybridized carbons (Fsp3) is 0.857. The Hall–Kier alpha value is -0.570. The second-order valence-electron chi connectivity index (χ2n) is 2.44. The molecule has 1 saturated heterocycles. The van der Waals surface area contributed by atoms with Crippen LogP contribution in [0.15, 0.2) is 0 Å². The first kappa shape index (κ1) is 7.54. The molecule has 0 spiro atoms. The Morgan fingerprint density at radius 1 is 1.80 bits per heavy atom. The zero-order chi connectivity index (χ0) is 7.40. The van der Waals surface area contributed by atoms with Crippen LogP contribution in [-0.2, 0) is 9.53 Å². The molecule has 0 aliphatic carbocycles. The van der Waals surface area contributed by atoms with Crippen molar-refractivity contribution in [3.05, 3.63) is 0 Å². The van der Waals surface area contributed by atoms with E-state index in [1.807, 2.05) is 6.92 Å². The lowest BCUT2D eigenvalue weighted by atomic mass is 10.1. The number of rotatable bonds is 2. The molecule has 0 aromatic rings. The average Bonchev–Trinajstić information content (AvgIpc) is 2.38. The molecule has 0 aromatic heterocycles. The largest absolute Gasteiger partial charge is 0.466 e. The van der Waals surface area contributed by atoms with Crippen molar-refractivity contribution in [1.82, 2.24) is 5.32 Å². The highest BCUT2D eigenvalue weighted by Gasteiger charge is 2.22. The predicted molar refractivity (Wildman–Crippen MR) is 37.6 cm³/mol. The molecule has 58 valence electrons. The van der Waals surface area contributed by atoms with Crippen molar-refractivity contribution in [1.29, 1.82) is 0 Å². The predicted octanol–water partition coefficient (Wildman–Crippen LogP) is 0.159. The van der Waals surface area contributed by atoms with E-state index >= 15 is 0 Å². The Morgan fingerprint density at radius 3 is 3.10 bits per heavy atom. The van der Waals surface area contributed by atoms with Crippen LogP contribution >= 0.6 is 0 Å². The summed E-state index contributed by atoms with van der Waals surface area (Å²) in [6.07, 6.45) is 0.929. The monoisotopic (exact) mass is 143 g/mol. The number of esters is 1. The molecular weight excluding hydrogens is 130 g/mol. The van der Waals surface area contributed by atoms with E-state index in [-0.39, 0.29) is 11.9 Å². The summed E-state index contributed by atoms with van der Waals surface area (Å²) in [6.45, 7) is 4.07. The molecule has 0 unspecified atom stereocenters.